The molecule has 1 aromatic carbocycles. The Morgan fingerprint density at radius 3 is 2.59 bits per heavy atom. The largest absolute Gasteiger partial charge is 0.459 e. The number of aliphatic hydroxyl groups excluding tert-OH is 1. The van der Waals surface area contributed by atoms with Gasteiger partial charge in [0.15, 0.2) is 0 Å². The molecule has 9 atom stereocenters. The Labute approximate surface area is 233 Å². The van der Waals surface area contributed by atoms with Crippen molar-refractivity contribution in [3.63, 3.8) is 0 Å². The highest BCUT2D eigenvalue weighted by Gasteiger charge is 2.60. The first-order chi connectivity index (χ1) is 18.5. The fraction of sp³-hybridized carbons (Fsp3) is 0.697. The van der Waals surface area contributed by atoms with Crippen LogP contribution in [0.5, 0.6) is 0 Å². The topological polar surface area (TPSA) is 66.8 Å². The van der Waals surface area contributed by atoms with Gasteiger partial charge in [-0.3, -0.25) is 9.59 Å². The number of carbonyl (C=O) groups excluding carboxylic acids is 2. The molecule has 1 N–H and O–H groups in total. The van der Waals surface area contributed by atoms with Crippen LogP contribution in [0.1, 0.15) is 89.4 Å². The summed E-state index contributed by atoms with van der Waals surface area (Å²) in [5.41, 5.74) is 1.50. The Morgan fingerprint density at radius 1 is 1.13 bits per heavy atom. The highest BCUT2D eigenvalue weighted by molar-refractivity contribution is 5.94. The number of esters is 1. The molecule has 5 nitrogen and oxygen atoms in total. The van der Waals surface area contributed by atoms with Crippen molar-refractivity contribution in [2.75, 3.05) is 13.6 Å². The molecule has 0 aromatic heterocycles. The van der Waals surface area contributed by atoms with Crippen molar-refractivity contribution in [3.8, 4) is 0 Å². The maximum atomic E-state index is 14.2. The number of hydrogen-bond donors (Lipinski definition) is 1. The maximum absolute atomic E-state index is 14.2. The van der Waals surface area contributed by atoms with Gasteiger partial charge in [0.05, 0.1) is 5.56 Å². The van der Waals surface area contributed by atoms with Gasteiger partial charge in [-0.1, -0.05) is 39.0 Å². The zero-order valence-electron chi connectivity index (χ0n) is 24.3. The van der Waals surface area contributed by atoms with E-state index in [2.05, 4.69) is 26.8 Å². The van der Waals surface area contributed by atoms with Crippen molar-refractivity contribution >= 4 is 11.9 Å². The number of rotatable bonds is 6. The van der Waals surface area contributed by atoms with E-state index in [1.807, 2.05) is 0 Å². The molecule has 4 aliphatic carbocycles. The third-order valence-electron chi connectivity index (χ3n) is 11.6. The van der Waals surface area contributed by atoms with Crippen LogP contribution in [0.2, 0.25) is 0 Å². The summed E-state index contributed by atoms with van der Waals surface area (Å²) >= 11 is 0. The number of aliphatic hydroxyl groups is 1. The van der Waals surface area contributed by atoms with Gasteiger partial charge in [-0.15, -0.1) is 0 Å². The van der Waals surface area contributed by atoms with E-state index in [1.165, 1.54) is 38.7 Å². The molecule has 0 aliphatic heterocycles. The summed E-state index contributed by atoms with van der Waals surface area (Å²) in [6, 6.07) is 6.22. The van der Waals surface area contributed by atoms with E-state index in [0.29, 0.717) is 36.1 Å². The van der Waals surface area contributed by atoms with Gasteiger partial charge in [-0.25, -0.2) is 4.39 Å². The summed E-state index contributed by atoms with van der Waals surface area (Å²) in [5.74, 6) is 1.91. The van der Waals surface area contributed by atoms with Gasteiger partial charge in [0.25, 0.3) is 5.91 Å². The first-order valence-electron chi connectivity index (χ1n) is 15.0. The molecule has 0 saturated heterocycles. The van der Waals surface area contributed by atoms with Crippen LogP contribution in [-0.2, 0) is 9.53 Å². The van der Waals surface area contributed by atoms with Crippen LogP contribution in [0, 0.1) is 46.2 Å². The zero-order chi connectivity index (χ0) is 28.1. The lowest BCUT2D eigenvalue weighted by atomic mass is 9.46. The molecule has 0 bridgehead atoms. The predicted octanol–water partition coefficient (Wildman–Crippen LogP) is 6.41. The lowest BCUT2D eigenvalue weighted by molar-refractivity contribution is -0.156. The summed E-state index contributed by atoms with van der Waals surface area (Å²) < 4.78 is 19.6. The van der Waals surface area contributed by atoms with E-state index < -0.39 is 18.0 Å². The number of nitrogens with zero attached hydrogens (tertiary/aromatic N) is 1. The van der Waals surface area contributed by atoms with E-state index in [9.17, 15) is 19.1 Å². The Hall–Kier alpha value is -2.21. The van der Waals surface area contributed by atoms with E-state index in [1.54, 1.807) is 30.1 Å². The molecule has 6 heteroatoms. The average molecular weight is 540 g/mol. The van der Waals surface area contributed by atoms with Crippen LogP contribution < -0.4 is 0 Å². The minimum absolute atomic E-state index is 0.0280. The zero-order valence-corrected chi connectivity index (χ0v) is 24.3. The molecule has 3 saturated carbocycles. The third kappa shape index (κ3) is 4.85. The van der Waals surface area contributed by atoms with Crippen LogP contribution in [0.15, 0.2) is 35.9 Å². The number of hydrogen-bond acceptors (Lipinski definition) is 4. The highest BCUT2D eigenvalue weighted by atomic mass is 19.1. The fourth-order valence-corrected chi connectivity index (χ4v) is 9.56. The van der Waals surface area contributed by atoms with Crippen LogP contribution >= 0.6 is 0 Å². The second kappa shape index (κ2) is 10.6. The minimum atomic E-state index is -0.692. The van der Waals surface area contributed by atoms with Gasteiger partial charge < -0.3 is 14.7 Å². The van der Waals surface area contributed by atoms with Gasteiger partial charge in [0.2, 0.25) is 0 Å². The van der Waals surface area contributed by atoms with Crippen LogP contribution in [0.4, 0.5) is 4.39 Å². The molecule has 1 amide bonds. The average Bonchev–Trinajstić information content (AvgIpc) is 3.26. The normalized spacial score (nSPS) is 38.1. The van der Waals surface area contributed by atoms with Gasteiger partial charge in [0.1, 0.15) is 18.0 Å². The molecule has 4 aliphatic rings. The summed E-state index contributed by atoms with van der Waals surface area (Å²) in [6.07, 6.45) is 9.62. The Balaban J connectivity index is 1.26. The molecular formula is C33H46FNO4. The maximum Gasteiger partial charge on any atom is 0.303 e. The molecule has 0 spiro atoms. The van der Waals surface area contributed by atoms with E-state index >= 15 is 0 Å². The summed E-state index contributed by atoms with van der Waals surface area (Å²) in [7, 11) is 1.78. The van der Waals surface area contributed by atoms with Crippen molar-refractivity contribution in [2.24, 2.45) is 40.4 Å². The first-order valence-corrected chi connectivity index (χ1v) is 15.0. The van der Waals surface area contributed by atoms with E-state index in [-0.39, 0.29) is 28.3 Å². The van der Waals surface area contributed by atoms with E-state index in [4.69, 9.17) is 4.74 Å². The van der Waals surface area contributed by atoms with E-state index in [0.717, 1.165) is 31.3 Å². The number of fused-ring (bicyclic) bond motifs is 5. The Kier molecular flexibility index (Phi) is 7.73. The molecule has 0 unspecified atom stereocenters. The van der Waals surface area contributed by atoms with Gasteiger partial charge in [-0.2, -0.15) is 0 Å². The lowest BCUT2D eigenvalue weighted by Gasteiger charge is -2.59. The summed E-state index contributed by atoms with van der Waals surface area (Å²) in [5, 5.41) is 11.2. The molecule has 0 heterocycles. The Bertz CT molecular complexity index is 1130. The van der Waals surface area contributed by atoms with Crippen molar-refractivity contribution in [1.82, 2.24) is 4.90 Å². The molecular weight excluding hydrogens is 493 g/mol. The molecule has 0 radical (unpaired) electrons. The van der Waals surface area contributed by atoms with Crippen molar-refractivity contribution < 1.29 is 23.8 Å². The predicted molar refractivity (Wildman–Crippen MR) is 149 cm³/mol. The van der Waals surface area contributed by atoms with Crippen LogP contribution in [0.25, 0.3) is 0 Å². The number of allylic oxidation sites excluding steroid dienone is 1. The quantitative estimate of drug-likeness (QED) is 0.335. The van der Waals surface area contributed by atoms with Crippen molar-refractivity contribution in [1.29, 1.82) is 0 Å². The van der Waals surface area contributed by atoms with Gasteiger partial charge in [0, 0.05) is 20.5 Å². The number of halogens is 1. The number of ether oxygens (including phenoxy) is 1. The molecule has 1 aromatic rings. The van der Waals surface area contributed by atoms with Gasteiger partial charge in [-0.05, 0) is 109 Å². The number of amides is 1. The SMILES string of the molecule is CC(=O)O[C@H]1CC[C@@]2(C)C(=CC[C@H]3[C@@H]4CC[C@H]([C@H](C)CCN(C)C(=O)c5ccccc5F)[C@@]4(C)CC[C@@H]32)[C@H]1O. The standard InChI is InChI=1S/C33H46FNO4/c1-20(16-19-35(5)31(38)23-8-6-7-9-28(23)34)24-12-13-25-22-10-11-27-30(37)29(39-21(2)36)15-18-33(27,4)26(22)14-17-32(24,25)3/h6-9,11,20,22,24-26,29-30,37H,10,12-19H2,1-5H3/t20-,22+,24-,25+,26+,29+,30-,32-,33-/m1/s1. The summed E-state index contributed by atoms with van der Waals surface area (Å²) in [6.45, 7) is 9.26. The smallest absolute Gasteiger partial charge is 0.303 e. The monoisotopic (exact) mass is 539 g/mol. The molecule has 3 fully saturated rings. The molecule has 5 rings (SSSR count). The van der Waals surface area contributed by atoms with Crippen LogP contribution in [-0.4, -0.2) is 47.7 Å². The lowest BCUT2D eigenvalue weighted by Crippen LogP contribution is -2.54. The van der Waals surface area contributed by atoms with Crippen LogP contribution in [0.3, 0.4) is 0 Å². The molecule has 39 heavy (non-hydrogen) atoms. The van der Waals surface area contributed by atoms with Crippen molar-refractivity contribution in [2.45, 2.75) is 91.3 Å². The number of carbonyl (C=O) groups is 2. The first kappa shape index (κ1) is 28.3. The minimum Gasteiger partial charge on any atom is -0.459 e. The second-order valence-electron chi connectivity index (χ2n) is 13.5. The van der Waals surface area contributed by atoms with Gasteiger partial charge >= 0.3 is 5.97 Å². The third-order valence-corrected chi connectivity index (χ3v) is 11.6. The highest BCUT2D eigenvalue weighted by Crippen LogP contribution is 2.67. The van der Waals surface area contributed by atoms with Crippen molar-refractivity contribution in [3.05, 3.63) is 47.3 Å². The fourth-order valence-electron chi connectivity index (χ4n) is 9.56. The molecule has 214 valence electrons. The summed E-state index contributed by atoms with van der Waals surface area (Å²) in [4.78, 5) is 26.1. The Morgan fingerprint density at radius 2 is 1.87 bits per heavy atom. The number of benzene rings is 1. The second-order valence-corrected chi connectivity index (χ2v) is 13.5.